The van der Waals surface area contributed by atoms with E-state index in [1.807, 2.05) is 46.3 Å². The molecule has 25 heavy (non-hydrogen) atoms. The minimum Gasteiger partial charge on any atom is -0.378 e. The molecule has 2 unspecified atom stereocenters. The lowest BCUT2D eigenvalue weighted by molar-refractivity contribution is -0.486. The largest absolute Gasteiger partial charge is 0.378 e. The van der Waals surface area contributed by atoms with Gasteiger partial charge in [0.05, 0.1) is 12.7 Å². The molecule has 0 aromatic heterocycles. The number of hydrazone groups is 1. The van der Waals surface area contributed by atoms with Gasteiger partial charge >= 0.3 is 0 Å². The summed E-state index contributed by atoms with van der Waals surface area (Å²) in [7, 11) is 0. The number of hydrogen-bond acceptors (Lipinski definition) is 3. The van der Waals surface area contributed by atoms with Gasteiger partial charge in [0.2, 0.25) is 0 Å². The minimum atomic E-state index is -0.624. The topological polar surface area (TPSA) is 71.2 Å². The lowest BCUT2D eigenvalue weighted by atomic mass is 10.1. The van der Waals surface area contributed by atoms with Gasteiger partial charge in [-0.15, -0.1) is 0 Å². The van der Waals surface area contributed by atoms with Crippen molar-refractivity contribution in [1.29, 1.82) is 0 Å². The Morgan fingerprint density at radius 3 is 2.92 bits per heavy atom. The molecular formula is C17H21BrN4O3. The van der Waals surface area contributed by atoms with Crippen LogP contribution in [0.15, 0.2) is 40.0 Å². The number of benzene rings is 1. The van der Waals surface area contributed by atoms with Crippen LogP contribution in [0.3, 0.4) is 0 Å². The van der Waals surface area contributed by atoms with Gasteiger partial charge in [0, 0.05) is 36.2 Å². The Morgan fingerprint density at radius 1 is 1.44 bits per heavy atom. The van der Waals surface area contributed by atoms with E-state index in [0.717, 1.165) is 29.5 Å². The summed E-state index contributed by atoms with van der Waals surface area (Å²) in [5, 5.41) is 14.0. The van der Waals surface area contributed by atoms with Crippen molar-refractivity contribution in [2.75, 3.05) is 26.2 Å². The van der Waals surface area contributed by atoms with Gasteiger partial charge < -0.3 is 14.5 Å². The molecule has 3 rings (SSSR count). The quantitative estimate of drug-likeness (QED) is 0.552. The molecule has 0 aliphatic carbocycles. The SMILES string of the molecule is CC1CC(CN2CCN(C=Cc3ccccc3Br)C2=N[N+](=O)[O-])CO1. The summed E-state index contributed by atoms with van der Waals surface area (Å²) in [5.41, 5.74) is 1.01. The molecule has 0 N–H and O–H groups in total. The second-order valence-electron chi connectivity index (χ2n) is 6.36. The molecule has 0 spiro atoms. The Labute approximate surface area is 155 Å². The molecule has 0 radical (unpaired) electrons. The van der Waals surface area contributed by atoms with Gasteiger partial charge in [-0.2, -0.15) is 0 Å². The van der Waals surface area contributed by atoms with E-state index in [1.165, 1.54) is 0 Å². The number of halogens is 1. The highest BCUT2D eigenvalue weighted by Gasteiger charge is 2.32. The summed E-state index contributed by atoms with van der Waals surface area (Å²) in [4.78, 5) is 14.8. The van der Waals surface area contributed by atoms with Crippen LogP contribution in [0.1, 0.15) is 18.9 Å². The van der Waals surface area contributed by atoms with Gasteiger partial charge in [-0.25, -0.2) is 10.1 Å². The molecule has 7 nitrogen and oxygen atoms in total. The molecule has 2 saturated heterocycles. The Morgan fingerprint density at radius 2 is 2.24 bits per heavy atom. The maximum Gasteiger partial charge on any atom is 0.278 e. The fraction of sp³-hybridized carbons (Fsp3) is 0.471. The van der Waals surface area contributed by atoms with Gasteiger partial charge in [0.15, 0.2) is 5.03 Å². The Balaban J connectivity index is 1.73. The van der Waals surface area contributed by atoms with Crippen LogP contribution in [0.2, 0.25) is 0 Å². The van der Waals surface area contributed by atoms with E-state index in [-0.39, 0.29) is 6.10 Å². The molecule has 2 aliphatic heterocycles. The Hall–Kier alpha value is -1.93. The van der Waals surface area contributed by atoms with Crippen LogP contribution in [-0.4, -0.2) is 53.1 Å². The van der Waals surface area contributed by atoms with Crippen molar-refractivity contribution in [3.8, 4) is 0 Å². The Bertz CT molecular complexity index is 694. The average molecular weight is 409 g/mol. The fourth-order valence-electron chi connectivity index (χ4n) is 3.24. The van der Waals surface area contributed by atoms with E-state index in [1.54, 1.807) is 0 Å². The first-order valence-electron chi connectivity index (χ1n) is 8.32. The zero-order valence-corrected chi connectivity index (χ0v) is 15.6. The van der Waals surface area contributed by atoms with Gasteiger partial charge in [0.1, 0.15) is 5.10 Å². The van der Waals surface area contributed by atoms with Crippen LogP contribution < -0.4 is 0 Å². The molecule has 2 aliphatic rings. The predicted octanol–water partition coefficient (Wildman–Crippen LogP) is 3.01. The molecule has 2 heterocycles. The molecule has 2 atom stereocenters. The third-order valence-corrected chi connectivity index (χ3v) is 5.14. The molecule has 0 saturated carbocycles. The minimum absolute atomic E-state index is 0.259. The van der Waals surface area contributed by atoms with Crippen LogP contribution in [0.5, 0.6) is 0 Å². The third-order valence-electron chi connectivity index (χ3n) is 4.42. The number of nitrogens with zero attached hydrogens (tertiary/aromatic N) is 4. The van der Waals surface area contributed by atoms with Crippen LogP contribution in [0.4, 0.5) is 0 Å². The summed E-state index contributed by atoms with van der Waals surface area (Å²) in [5.74, 6) is 0.784. The first-order valence-corrected chi connectivity index (χ1v) is 9.11. The van der Waals surface area contributed by atoms with Crippen molar-refractivity contribution in [3.05, 3.63) is 50.6 Å². The maximum absolute atomic E-state index is 11.0. The van der Waals surface area contributed by atoms with Crippen LogP contribution in [-0.2, 0) is 4.74 Å². The zero-order valence-electron chi connectivity index (χ0n) is 14.0. The molecule has 0 bridgehead atoms. The first kappa shape index (κ1) is 17.9. The van der Waals surface area contributed by atoms with E-state index in [0.29, 0.717) is 25.0 Å². The number of nitro groups is 1. The first-order chi connectivity index (χ1) is 12.0. The monoisotopic (exact) mass is 408 g/mol. The van der Waals surface area contributed by atoms with Crippen molar-refractivity contribution < 1.29 is 9.77 Å². The summed E-state index contributed by atoms with van der Waals surface area (Å²) in [6.07, 6.45) is 5.03. The molecule has 134 valence electrons. The average Bonchev–Trinajstić information content (AvgIpc) is 3.14. The molecule has 2 fully saturated rings. The lowest BCUT2D eigenvalue weighted by Crippen LogP contribution is -2.35. The second-order valence-corrected chi connectivity index (χ2v) is 7.21. The molecule has 1 aromatic carbocycles. The number of guanidine groups is 1. The normalized spacial score (nSPS) is 25.4. The summed E-state index contributed by atoms with van der Waals surface area (Å²) in [6.45, 7) is 4.89. The number of ether oxygens (including phenoxy) is 1. The van der Waals surface area contributed by atoms with Gasteiger partial charge in [-0.3, -0.25) is 0 Å². The summed E-state index contributed by atoms with van der Waals surface area (Å²) >= 11 is 3.50. The van der Waals surface area contributed by atoms with Crippen molar-refractivity contribution in [1.82, 2.24) is 9.80 Å². The van der Waals surface area contributed by atoms with Crippen molar-refractivity contribution in [2.45, 2.75) is 19.4 Å². The maximum atomic E-state index is 11.0. The van der Waals surface area contributed by atoms with E-state index >= 15 is 0 Å². The lowest BCUT2D eigenvalue weighted by Gasteiger charge is -2.21. The van der Waals surface area contributed by atoms with E-state index in [9.17, 15) is 10.1 Å². The number of hydrogen-bond donors (Lipinski definition) is 0. The predicted molar refractivity (Wildman–Crippen MR) is 99.4 cm³/mol. The van der Waals surface area contributed by atoms with Crippen LogP contribution >= 0.6 is 15.9 Å². The molecule has 1 aromatic rings. The third kappa shape index (κ3) is 4.58. The highest BCUT2D eigenvalue weighted by Crippen LogP contribution is 2.23. The zero-order chi connectivity index (χ0) is 17.8. The van der Waals surface area contributed by atoms with Crippen molar-refractivity contribution >= 4 is 28.0 Å². The number of rotatable bonds is 5. The highest BCUT2D eigenvalue weighted by molar-refractivity contribution is 9.10. The van der Waals surface area contributed by atoms with E-state index < -0.39 is 5.03 Å². The smallest absolute Gasteiger partial charge is 0.278 e. The summed E-state index contributed by atoms with van der Waals surface area (Å²) in [6, 6.07) is 7.84. The standard InChI is InChI=1S/C17H21BrN4O3/c1-13-10-14(12-25-13)11-21-9-8-20(17(21)19-22(23)24)7-6-15-4-2-3-5-16(15)18/h2-7,13-14H,8-12H2,1H3. The molecule has 0 amide bonds. The van der Waals surface area contributed by atoms with Crippen molar-refractivity contribution in [2.24, 2.45) is 11.0 Å². The van der Waals surface area contributed by atoms with Crippen molar-refractivity contribution in [3.63, 3.8) is 0 Å². The molecule has 8 heteroatoms. The molecular weight excluding hydrogens is 388 g/mol. The highest BCUT2D eigenvalue weighted by atomic mass is 79.9. The summed E-state index contributed by atoms with van der Waals surface area (Å²) < 4.78 is 6.58. The Kier molecular flexibility index (Phi) is 5.70. The second kappa shape index (κ2) is 7.97. The fourth-order valence-corrected chi connectivity index (χ4v) is 3.66. The van der Waals surface area contributed by atoms with Crippen LogP contribution in [0.25, 0.3) is 6.08 Å². The van der Waals surface area contributed by atoms with E-state index in [2.05, 4.69) is 28.0 Å². The van der Waals surface area contributed by atoms with Gasteiger partial charge in [-0.05, 0) is 31.1 Å². The van der Waals surface area contributed by atoms with E-state index in [4.69, 9.17) is 4.74 Å². The van der Waals surface area contributed by atoms with Crippen LogP contribution in [0, 0.1) is 16.0 Å². The van der Waals surface area contributed by atoms with Gasteiger partial charge in [-0.1, -0.05) is 34.1 Å². The van der Waals surface area contributed by atoms with Gasteiger partial charge in [0.25, 0.3) is 5.96 Å².